The molecule has 2 rings (SSSR count). The van der Waals surface area contributed by atoms with Gasteiger partial charge in [0, 0.05) is 18.6 Å². The van der Waals surface area contributed by atoms with Gasteiger partial charge in [-0.05, 0) is 30.7 Å². The molecule has 1 aromatic carbocycles. The van der Waals surface area contributed by atoms with E-state index in [9.17, 15) is 0 Å². The van der Waals surface area contributed by atoms with E-state index in [0.717, 1.165) is 27.8 Å². The van der Waals surface area contributed by atoms with Crippen LogP contribution in [0.3, 0.4) is 0 Å². The summed E-state index contributed by atoms with van der Waals surface area (Å²) in [6, 6.07) is 5.97. The van der Waals surface area contributed by atoms with Crippen molar-refractivity contribution < 1.29 is 0 Å². The minimum Gasteiger partial charge on any atom is -0.397 e. The molecule has 3 nitrogen and oxygen atoms in total. The van der Waals surface area contributed by atoms with Crippen LogP contribution in [-0.4, -0.2) is 12.0 Å². The average Bonchev–Trinajstić information content (AvgIpc) is 2.20. The molecule has 3 heteroatoms. The average molecular weight is 187 g/mol. The largest absolute Gasteiger partial charge is 0.397 e. The summed E-state index contributed by atoms with van der Waals surface area (Å²) in [5.74, 6) is 0. The Morgan fingerprint density at radius 1 is 1.36 bits per heavy atom. The Morgan fingerprint density at radius 2 is 2.14 bits per heavy atom. The van der Waals surface area contributed by atoms with Crippen molar-refractivity contribution in [3.8, 4) is 0 Å². The Labute approximate surface area is 83.0 Å². The fourth-order valence-corrected chi connectivity index (χ4v) is 1.54. The smallest absolute Gasteiger partial charge is 0.0724 e. The van der Waals surface area contributed by atoms with Crippen LogP contribution in [0.1, 0.15) is 5.56 Å². The molecule has 0 bridgehead atoms. The normalized spacial score (nSPS) is 10.4. The fraction of sp³-hybridized carbons (Fsp3) is 0.182. The van der Waals surface area contributed by atoms with Gasteiger partial charge in [-0.2, -0.15) is 0 Å². The lowest BCUT2D eigenvalue weighted by Crippen LogP contribution is -1.97. The van der Waals surface area contributed by atoms with Crippen LogP contribution in [0, 0.1) is 6.92 Å². The van der Waals surface area contributed by atoms with Crippen LogP contribution >= 0.6 is 0 Å². The van der Waals surface area contributed by atoms with Crippen LogP contribution in [0.15, 0.2) is 24.4 Å². The summed E-state index contributed by atoms with van der Waals surface area (Å²) in [6.07, 6.45) is 1.85. The maximum absolute atomic E-state index is 6.00. The van der Waals surface area contributed by atoms with E-state index >= 15 is 0 Å². The minimum atomic E-state index is 0.765. The number of nitrogens with one attached hydrogen (secondary N) is 1. The SMILES string of the molecule is CNc1ccc2ncc(C)cc2c1N. The van der Waals surface area contributed by atoms with Gasteiger partial charge >= 0.3 is 0 Å². The standard InChI is InChI=1S/C11H13N3/c1-7-5-8-9(14-6-7)3-4-10(13-2)11(8)12/h3-6,13H,12H2,1-2H3. The number of nitrogen functional groups attached to an aromatic ring is 1. The quantitative estimate of drug-likeness (QED) is 0.673. The second kappa shape index (κ2) is 3.18. The molecule has 0 amide bonds. The number of nitrogens with two attached hydrogens (primary N) is 1. The molecule has 0 spiro atoms. The number of pyridine rings is 1. The number of anilines is 2. The molecule has 0 radical (unpaired) electrons. The van der Waals surface area contributed by atoms with Crippen molar-refractivity contribution in [1.82, 2.24) is 4.98 Å². The minimum absolute atomic E-state index is 0.765. The summed E-state index contributed by atoms with van der Waals surface area (Å²) in [7, 11) is 1.86. The number of aromatic nitrogens is 1. The van der Waals surface area contributed by atoms with E-state index in [1.807, 2.05) is 32.3 Å². The van der Waals surface area contributed by atoms with Crippen molar-refractivity contribution in [3.63, 3.8) is 0 Å². The second-order valence-corrected chi connectivity index (χ2v) is 3.36. The topological polar surface area (TPSA) is 50.9 Å². The van der Waals surface area contributed by atoms with E-state index in [4.69, 9.17) is 5.73 Å². The number of aryl methyl sites for hydroxylation is 1. The van der Waals surface area contributed by atoms with Gasteiger partial charge < -0.3 is 11.1 Å². The predicted octanol–water partition coefficient (Wildman–Crippen LogP) is 2.17. The Morgan fingerprint density at radius 3 is 2.86 bits per heavy atom. The zero-order chi connectivity index (χ0) is 10.1. The number of nitrogens with zero attached hydrogens (tertiary/aromatic N) is 1. The number of hydrogen-bond donors (Lipinski definition) is 2. The zero-order valence-electron chi connectivity index (χ0n) is 8.33. The molecule has 72 valence electrons. The molecule has 0 unspecified atom stereocenters. The molecular formula is C11H13N3. The van der Waals surface area contributed by atoms with E-state index in [1.165, 1.54) is 0 Å². The van der Waals surface area contributed by atoms with Crippen LogP contribution in [0.2, 0.25) is 0 Å². The molecule has 0 aliphatic carbocycles. The van der Waals surface area contributed by atoms with Crippen LogP contribution in [0.4, 0.5) is 11.4 Å². The van der Waals surface area contributed by atoms with Crippen molar-refractivity contribution in [2.24, 2.45) is 0 Å². The lowest BCUT2D eigenvalue weighted by molar-refractivity contribution is 1.33. The predicted molar refractivity (Wildman–Crippen MR) is 60.4 cm³/mol. The first-order valence-electron chi connectivity index (χ1n) is 4.55. The van der Waals surface area contributed by atoms with Crippen LogP contribution < -0.4 is 11.1 Å². The third-order valence-corrected chi connectivity index (χ3v) is 2.31. The molecule has 0 aliphatic heterocycles. The molecule has 14 heavy (non-hydrogen) atoms. The third-order valence-electron chi connectivity index (χ3n) is 2.31. The summed E-state index contributed by atoms with van der Waals surface area (Å²) in [6.45, 7) is 2.01. The van der Waals surface area contributed by atoms with Crippen molar-refractivity contribution in [1.29, 1.82) is 0 Å². The van der Waals surface area contributed by atoms with Crippen molar-refractivity contribution in [3.05, 3.63) is 30.0 Å². The van der Waals surface area contributed by atoms with E-state index in [2.05, 4.69) is 16.4 Å². The Bertz CT molecular complexity index is 477. The highest BCUT2D eigenvalue weighted by Gasteiger charge is 2.03. The van der Waals surface area contributed by atoms with Gasteiger partial charge in [0.15, 0.2) is 0 Å². The van der Waals surface area contributed by atoms with Gasteiger partial charge in [0.25, 0.3) is 0 Å². The summed E-state index contributed by atoms with van der Waals surface area (Å²) < 4.78 is 0. The van der Waals surface area contributed by atoms with Crippen LogP contribution in [0.5, 0.6) is 0 Å². The lowest BCUT2D eigenvalue weighted by Gasteiger charge is -2.08. The molecule has 0 atom stereocenters. The van der Waals surface area contributed by atoms with Gasteiger partial charge in [-0.25, -0.2) is 0 Å². The molecule has 0 fully saturated rings. The van der Waals surface area contributed by atoms with Crippen molar-refractivity contribution in [2.45, 2.75) is 6.92 Å². The van der Waals surface area contributed by atoms with Gasteiger partial charge in [0.05, 0.1) is 16.9 Å². The van der Waals surface area contributed by atoms with Gasteiger partial charge in [0.1, 0.15) is 0 Å². The summed E-state index contributed by atoms with van der Waals surface area (Å²) in [5, 5.41) is 4.07. The van der Waals surface area contributed by atoms with E-state index < -0.39 is 0 Å². The van der Waals surface area contributed by atoms with Crippen molar-refractivity contribution >= 4 is 22.3 Å². The van der Waals surface area contributed by atoms with Gasteiger partial charge in [-0.1, -0.05) is 0 Å². The summed E-state index contributed by atoms with van der Waals surface area (Å²) in [4.78, 5) is 4.31. The van der Waals surface area contributed by atoms with Gasteiger partial charge in [-0.3, -0.25) is 4.98 Å². The number of fused-ring (bicyclic) bond motifs is 1. The molecule has 2 aromatic rings. The zero-order valence-corrected chi connectivity index (χ0v) is 8.33. The lowest BCUT2D eigenvalue weighted by atomic mass is 10.1. The maximum atomic E-state index is 6.00. The first kappa shape index (κ1) is 8.81. The fourth-order valence-electron chi connectivity index (χ4n) is 1.54. The Kier molecular flexibility index (Phi) is 2.00. The molecular weight excluding hydrogens is 174 g/mol. The second-order valence-electron chi connectivity index (χ2n) is 3.36. The molecule has 0 aliphatic rings. The highest BCUT2D eigenvalue weighted by molar-refractivity contribution is 5.97. The monoisotopic (exact) mass is 187 g/mol. The Hall–Kier alpha value is -1.77. The Balaban J connectivity index is 2.79. The number of rotatable bonds is 1. The summed E-state index contributed by atoms with van der Waals surface area (Å²) in [5.41, 5.74) is 9.77. The molecule has 0 saturated heterocycles. The summed E-state index contributed by atoms with van der Waals surface area (Å²) >= 11 is 0. The first-order chi connectivity index (χ1) is 6.72. The third kappa shape index (κ3) is 1.27. The van der Waals surface area contributed by atoms with E-state index in [-0.39, 0.29) is 0 Å². The van der Waals surface area contributed by atoms with Crippen LogP contribution in [-0.2, 0) is 0 Å². The van der Waals surface area contributed by atoms with Crippen LogP contribution in [0.25, 0.3) is 10.9 Å². The van der Waals surface area contributed by atoms with Gasteiger partial charge in [-0.15, -0.1) is 0 Å². The molecule has 1 heterocycles. The van der Waals surface area contributed by atoms with E-state index in [1.54, 1.807) is 0 Å². The molecule has 0 saturated carbocycles. The maximum Gasteiger partial charge on any atom is 0.0724 e. The first-order valence-corrected chi connectivity index (χ1v) is 4.55. The molecule has 1 aromatic heterocycles. The number of benzene rings is 1. The van der Waals surface area contributed by atoms with Gasteiger partial charge in [0.2, 0.25) is 0 Å². The number of hydrogen-bond acceptors (Lipinski definition) is 3. The van der Waals surface area contributed by atoms with Crippen molar-refractivity contribution in [2.75, 3.05) is 18.1 Å². The highest BCUT2D eigenvalue weighted by Crippen LogP contribution is 2.27. The van der Waals surface area contributed by atoms with E-state index in [0.29, 0.717) is 0 Å². The highest BCUT2D eigenvalue weighted by atomic mass is 14.9. The molecule has 3 N–H and O–H groups in total.